The highest BCUT2D eigenvalue weighted by Gasteiger charge is 2.10. The third kappa shape index (κ3) is 4.86. The molecule has 1 aromatic rings. The highest BCUT2D eigenvalue weighted by atomic mass is 35.5. The summed E-state index contributed by atoms with van der Waals surface area (Å²) in [5, 5.41) is 3.09. The lowest BCUT2D eigenvalue weighted by atomic mass is 10.3. The largest absolute Gasteiger partial charge is 0.351 e. The smallest absolute Gasteiger partial charge is 0.254 e. The van der Waals surface area contributed by atoms with Crippen molar-refractivity contribution in [2.24, 2.45) is 0 Å². The van der Waals surface area contributed by atoms with E-state index in [1.54, 1.807) is 17.8 Å². The Bertz CT molecular complexity index is 446. The predicted octanol–water partition coefficient (Wildman–Crippen LogP) is 2.48. The molecule has 1 heterocycles. The van der Waals surface area contributed by atoms with Gasteiger partial charge in [-0.15, -0.1) is 18.2 Å². The van der Waals surface area contributed by atoms with E-state index in [9.17, 15) is 4.79 Å². The molecular weight excluding hydrogens is 279 g/mol. The highest BCUT2D eigenvalue weighted by Crippen LogP contribution is 2.16. The van der Waals surface area contributed by atoms with E-state index < -0.39 is 0 Å². The van der Waals surface area contributed by atoms with Crippen LogP contribution in [0.3, 0.4) is 0 Å². The van der Waals surface area contributed by atoms with Crippen LogP contribution in [0.1, 0.15) is 10.4 Å². The SMILES string of the molecule is C#CCSCCNC(=O)c1ccc(Cl)nc1Cl. The van der Waals surface area contributed by atoms with Crippen molar-refractivity contribution in [2.45, 2.75) is 0 Å². The van der Waals surface area contributed by atoms with Gasteiger partial charge in [0.1, 0.15) is 10.3 Å². The first-order chi connectivity index (χ1) is 8.15. The van der Waals surface area contributed by atoms with Crippen LogP contribution in [0.2, 0.25) is 10.3 Å². The Kier molecular flexibility index (Phi) is 6.20. The summed E-state index contributed by atoms with van der Waals surface area (Å²) in [7, 11) is 0. The molecule has 1 amide bonds. The van der Waals surface area contributed by atoms with Gasteiger partial charge in [-0.1, -0.05) is 29.1 Å². The zero-order chi connectivity index (χ0) is 12.7. The number of nitrogens with zero attached hydrogens (tertiary/aromatic N) is 1. The minimum absolute atomic E-state index is 0.103. The molecule has 0 atom stereocenters. The molecule has 0 saturated carbocycles. The summed E-state index contributed by atoms with van der Waals surface area (Å²) in [5.74, 6) is 3.64. The molecule has 1 rings (SSSR count). The van der Waals surface area contributed by atoms with Crippen LogP contribution in [0.15, 0.2) is 12.1 Å². The number of terminal acetylenes is 1. The molecule has 17 heavy (non-hydrogen) atoms. The van der Waals surface area contributed by atoms with Gasteiger partial charge in [-0.2, -0.15) is 0 Å². The second-order valence-corrected chi connectivity index (χ2v) is 4.84. The number of aromatic nitrogens is 1. The van der Waals surface area contributed by atoms with Crippen LogP contribution in [0.25, 0.3) is 0 Å². The fraction of sp³-hybridized carbons (Fsp3) is 0.273. The van der Waals surface area contributed by atoms with Gasteiger partial charge in [0.05, 0.1) is 11.3 Å². The lowest BCUT2D eigenvalue weighted by Gasteiger charge is -2.05. The second-order valence-electron chi connectivity index (χ2n) is 2.98. The Morgan fingerprint density at radius 2 is 2.29 bits per heavy atom. The van der Waals surface area contributed by atoms with Crippen molar-refractivity contribution in [3.8, 4) is 12.3 Å². The number of carbonyl (C=O) groups is 1. The molecule has 0 unspecified atom stereocenters. The Balaban J connectivity index is 2.45. The third-order valence-electron chi connectivity index (χ3n) is 1.78. The number of amides is 1. The lowest BCUT2D eigenvalue weighted by molar-refractivity contribution is 0.0956. The Morgan fingerprint density at radius 3 is 2.94 bits per heavy atom. The fourth-order valence-corrected chi connectivity index (χ4v) is 1.98. The second kappa shape index (κ2) is 7.44. The Hall–Kier alpha value is -0.890. The molecule has 90 valence electrons. The van der Waals surface area contributed by atoms with Crippen LogP contribution < -0.4 is 5.32 Å². The van der Waals surface area contributed by atoms with Crippen LogP contribution in [-0.2, 0) is 0 Å². The number of pyridine rings is 1. The number of hydrogen-bond acceptors (Lipinski definition) is 3. The molecule has 0 saturated heterocycles. The topological polar surface area (TPSA) is 42.0 Å². The molecule has 1 aromatic heterocycles. The van der Waals surface area contributed by atoms with Gasteiger partial charge in [0, 0.05) is 12.3 Å². The van der Waals surface area contributed by atoms with Gasteiger partial charge in [-0.05, 0) is 12.1 Å². The molecule has 0 aromatic carbocycles. The number of thioether (sulfide) groups is 1. The zero-order valence-corrected chi connectivity index (χ0v) is 11.2. The van der Waals surface area contributed by atoms with Crippen molar-refractivity contribution in [1.82, 2.24) is 10.3 Å². The van der Waals surface area contributed by atoms with Crippen LogP contribution in [0, 0.1) is 12.3 Å². The molecule has 1 N–H and O–H groups in total. The van der Waals surface area contributed by atoms with Crippen molar-refractivity contribution < 1.29 is 4.79 Å². The van der Waals surface area contributed by atoms with E-state index in [-0.39, 0.29) is 16.2 Å². The quantitative estimate of drug-likeness (QED) is 0.514. The molecule has 0 aliphatic rings. The molecule has 0 fully saturated rings. The van der Waals surface area contributed by atoms with Gasteiger partial charge in [0.2, 0.25) is 0 Å². The van der Waals surface area contributed by atoms with Crippen molar-refractivity contribution in [2.75, 3.05) is 18.1 Å². The minimum Gasteiger partial charge on any atom is -0.351 e. The van der Waals surface area contributed by atoms with Gasteiger partial charge >= 0.3 is 0 Å². The van der Waals surface area contributed by atoms with Crippen LogP contribution >= 0.6 is 35.0 Å². The number of rotatable bonds is 5. The Labute approximate surface area is 114 Å². The zero-order valence-electron chi connectivity index (χ0n) is 8.87. The molecule has 0 aliphatic heterocycles. The van der Waals surface area contributed by atoms with E-state index in [0.29, 0.717) is 17.9 Å². The monoisotopic (exact) mass is 288 g/mol. The molecule has 6 heteroatoms. The van der Waals surface area contributed by atoms with Gasteiger partial charge in [-0.25, -0.2) is 4.98 Å². The maximum absolute atomic E-state index is 11.7. The van der Waals surface area contributed by atoms with Crippen LogP contribution in [-0.4, -0.2) is 28.9 Å². The third-order valence-corrected chi connectivity index (χ3v) is 3.14. The molecule has 0 radical (unpaired) electrons. The van der Waals surface area contributed by atoms with E-state index in [1.807, 2.05) is 0 Å². The normalized spacial score (nSPS) is 9.71. The van der Waals surface area contributed by atoms with Crippen molar-refractivity contribution >= 4 is 40.9 Å². The van der Waals surface area contributed by atoms with E-state index in [1.165, 1.54) is 6.07 Å². The lowest BCUT2D eigenvalue weighted by Crippen LogP contribution is -2.26. The number of hydrogen-bond donors (Lipinski definition) is 1. The summed E-state index contributed by atoms with van der Waals surface area (Å²) < 4.78 is 0. The van der Waals surface area contributed by atoms with E-state index >= 15 is 0 Å². The fourth-order valence-electron chi connectivity index (χ4n) is 1.04. The van der Waals surface area contributed by atoms with E-state index in [4.69, 9.17) is 29.6 Å². The first kappa shape index (κ1) is 14.2. The summed E-state index contributed by atoms with van der Waals surface area (Å²) in [6, 6.07) is 3.07. The van der Waals surface area contributed by atoms with Gasteiger partial charge in [0.15, 0.2) is 0 Å². The standard InChI is InChI=1S/C11H10Cl2N2OS/c1-2-6-17-7-5-14-11(16)8-3-4-9(12)15-10(8)13/h1,3-4H,5-7H2,(H,14,16). The van der Waals surface area contributed by atoms with Crippen LogP contribution in [0.4, 0.5) is 0 Å². The van der Waals surface area contributed by atoms with Gasteiger partial charge in [-0.3, -0.25) is 4.79 Å². The maximum Gasteiger partial charge on any atom is 0.254 e. The molecule has 3 nitrogen and oxygen atoms in total. The summed E-state index contributed by atoms with van der Waals surface area (Å²) in [6.45, 7) is 0.532. The molecule has 0 bridgehead atoms. The summed E-state index contributed by atoms with van der Waals surface area (Å²) in [4.78, 5) is 15.5. The van der Waals surface area contributed by atoms with Crippen molar-refractivity contribution in [1.29, 1.82) is 0 Å². The average molecular weight is 289 g/mol. The van der Waals surface area contributed by atoms with E-state index in [2.05, 4.69) is 16.2 Å². The number of nitrogens with one attached hydrogen (secondary N) is 1. The van der Waals surface area contributed by atoms with E-state index in [0.717, 1.165) is 5.75 Å². The molecular formula is C11H10Cl2N2OS. The van der Waals surface area contributed by atoms with Gasteiger partial charge < -0.3 is 5.32 Å². The Morgan fingerprint density at radius 1 is 1.53 bits per heavy atom. The minimum atomic E-state index is -0.263. The first-order valence-corrected chi connectivity index (χ1v) is 6.67. The first-order valence-electron chi connectivity index (χ1n) is 4.76. The number of carbonyl (C=O) groups excluding carboxylic acids is 1. The number of halogens is 2. The van der Waals surface area contributed by atoms with Crippen LogP contribution in [0.5, 0.6) is 0 Å². The summed E-state index contributed by atoms with van der Waals surface area (Å²) in [6.07, 6.45) is 5.10. The molecule has 0 spiro atoms. The average Bonchev–Trinajstić information content (AvgIpc) is 2.28. The predicted molar refractivity (Wildman–Crippen MR) is 72.7 cm³/mol. The summed E-state index contributed by atoms with van der Waals surface area (Å²) >= 11 is 13.0. The van der Waals surface area contributed by atoms with Crippen molar-refractivity contribution in [3.05, 3.63) is 28.0 Å². The highest BCUT2D eigenvalue weighted by molar-refractivity contribution is 7.99. The van der Waals surface area contributed by atoms with Gasteiger partial charge in [0.25, 0.3) is 5.91 Å². The summed E-state index contributed by atoms with van der Waals surface area (Å²) in [5.41, 5.74) is 0.318. The van der Waals surface area contributed by atoms with Crippen molar-refractivity contribution in [3.63, 3.8) is 0 Å². The molecule has 0 aliphatic carbocycles. The maximum atomic E-state index is 11.7.